The topological polar surface area (TPSA) is 55.8 Å². The van der Waals surface area contributed by atoms with Crippen LogP contribution in [0.1, 0.15) is 170 Å². The number of methoxy groups -OCH3 is 1. The summed E-state index contributed by atoms with van der Waals surface area (Å²) in [6, 6.07) is 8.20. The third-order valence-corrected chi connectivity index (χ3v) is 16.2. The summed E-state index contributed by atoms with van der Waals surface area (Å²) >= 11 is 0. The number of fused-ring (bicyclic) bond motifs is 5. The lowest BCUT2D eigenvalue weighted by Crippen LogP contribution is -2.51. The zero-order valence-electron chi connectivity index (χ0n) is 36.2. The maximum absolute atomic E-state index is 13.9. The average Bonchev–Trinajstić information content (AvgIpc) is 3.60. The molecule has 4 fully saturated rings. The van der Waals surface area contributed by atoms with E-state index in [4.69, 9.17) is 9.47 Å². The van der Waals surface area contributed by atoms with Crippen molar-refractivity contribution in [1.29, 1.82) is 0 Å². The van der Waals surface area contributed by atoms with Gasteiger partial charge in [0.25, 0.3) is 0 Å². The number of likely N-dealkylation sites (tertiary alicyclic amines) is 1. The van der Waals surface area contributed by atoms with Crippen LogP contribution in [-0.4, -0.2) is 36.0 Å². The lowest BCUT2D eigenvalue weighted by Gasteiger charge is -2.58. The molecule has 0 spiro atoms. The SMILES string of the molecule is C=C(C)C[C@@H]1C[C@](C)(CCCCCC(=O)O[C@H]2CC[C@@]3(C)C(=CC[C@H]4[C@@H]5CC[C@H]([C@H](C)CCCC(C)C)[C@@]5(C)CC[C@@H]43)C2)C(=O)N1Cc1ccc(OC)cc1. The van der Waals surface area contributed by atoms with Gasteiger partial charge in [-0.1, -0.05) is 103 Å². The lowest BCUT2D eigenvalue weighted by molar-refractivity contribution is -0.151. The quantitative estimate of drug-likeness (QED) is 0.0902. The highest BCUT2D eigenvalue weighted by molar-refractivity contribution is 5.85. The minimum Gasteiger partial charge on any atom is -0.497 e. The third kappa shape index (κ3) is 9.12. The van der Waals surface area contributed by atoms with Crippen molar-refractivity contribution in [2.24, 2.45) is 51.8 Å². The standard InChI is InChI=1S/C50H77NO4/c1-34(2)14-13-15-36(5)43-23-24-44-42-22-19-38-31-41(25-28-49(38,7)45(42)26-29-50(43,44)8)55-46(52)16-11-10-12-27-48(6)32-39(30-35(3)4)51(47(48)53)33-37-17-20-40(54-9)21-18-37/h17-21,34,36,39,41-45H,3,10-16,22-33H2,1-2,4-9H3/t36-,39-,41+,42+,43-,44+,45+,48+,49+,50-/m1/s1. The number of benzene rings is 1. The van der Waals surface area contributed by atoms with Gasteiger partial charge >= 0.3 is 5.97 Å². The Morgan fingerprint density at radius 3 is 2.42 bits per heavy atom. The number of carbonyl (C=O) groups excluding carboxylic acids is 2. The van der Waals surface area contributed by atoms with Crippen LogP contribution in [0, 0.1) is 51.8 Å². The Morgan fingerprint density at radius 1 is 0.945 bits per heavy atom. The first-order valence-corrected chi connectivity index (χ1v) is 22.6. The number of allylic oxidation sites excluding steroid dienone is 1. The molecule has 4 aliphatic carbocycles. The van der Waals surface area contributed by atoms with Crippen LogP contribution in [0.5, 0.6) is 5.75 Å². The Balaban J connectivity index is 0.951. The molecule has 3 saturated carbocycles. The second-order valence-corrected chi connectivity index (χ2v) is 20.6. The normalized spacial score (nSPS) is 34.8. The van der Waals surface area contributed by atoms with Crippen LogP contribution in [0.3, 0.4) is 0 Å². The predicted octanol–water partition coefficient (Wildman–Crippen LogP) is 12.7. The third-order valence-electron chi connectivity index (χ3n) is 16.2. The first kappa shape index (κ1) is 42.1. The van der Waals surface area contributed by atoms with Crippen molar-refractivity contribution >= 4 is 11.9 Å². The summed E-state index contributed by atoms with van der Waals surface area (Å²) in [4.78, 5) is 29.1. The first-order valence-electron chi connectivity index (χ1n) is 22.6. The minimum absolute atomic E-state index is 0.0248. The summed E-state index contributed by atoms with van der Waals surface area (Å²) < 4.78 is 11.5. The number of rotatable bonds is 17. The van der Waals surface area contributed by atoms with Crippen LogP contribution in [0.15, 0.2) is 48.1 Å². The second kappa shape index (κ2) is 17.5. The van der Waals surface area contributed by atoms with Gasteiger partial charge in [0.15, 0.2) is 0 Å². The number of carbonyl (C=O) groups is 2. The highest BCUT2D eigenvalue weighted by atomic mass is 16.5. The van der Waals surface area contributed by atoms with Gasteiger partial charge in [0.05, 0.1) is 7.11 Å². The van der Waals surface area contributed by atoms with Crippen LogP contribution in [-0.2, 0) is 20.9 Å². The maximum atomic E-state index is 13.9. The Bertz CT molecular complexity index is 1530. The summed E-state index contributed by atoms with van der Waals surface area (Å²) in [7, 11) is 1.67. The number of unbranched alkanes of at least 4 members (excludes halogenated alkanes) is 2. The molecule has 0 radical (unpaired) electrons. The van der Waals surface area contributed by atoms with Crippen LogP contribution in [0.2, 0.25) is 0 Å². The molecule has 1 aromatic carbocycles. The van der Waals surface area contributed by atoms with Gasteiger partial charge in [0.2, 0.25) is 5.91 Å². The summed E-state index contributed by atoms with van der Waals surface area (Å²) in [6.45, 7) is 21.6. The number of nitrogens with zero attached hydrogens (tertiary/aromatic N) is 1. The van der Waals surface area contributed by atoms with Crippen LogP contribution >= 0.6 is 0 Å². The van der Waals surface area contributed by atoms with Gasteiger partial charge in [0, 0.05) is 30.8 Å². The van der Waals surface area contributed by atoms with Crippen LogP contribution in [0.4, 0.5) is 0 Å². The molecular weight excluding hydrogens is 679 g/mol. The fourth-order valence-electron chi connectivity index (χ4n) is 13.1. The van der Waals surface area contributed by atoms with E-state index in [1.54, 1.807) is 12.7 Å². The molecule has 5 heteroatoms. The highest BCUT2D eigenvalue weighted by Gasteiger charge is 2.59. The van der Waals surface area contributed by atoms with E-state index in [1.807, 2.05) is 12.1 Å². The molecule has 1 amide bonds. The molecule has 1 heterocycles. The minimum atomic E-state index is -0.378. The molecule has 1 aliphatic heterocycles. The van der Waals surface area contributed by atoms with Crippen molar-refractivity contribution in [3.05, 3.63) is 53.6 Å². The molecule has 0 aromatic heterocycles. The van der Waals surface area contributed by atoms with Crippen molar-refractivity contribution < 1.29 is 19.1 Å². The fourth-order valence-corrected chi connectivity index (χ4v) is 13.1. The van der Waals surface area contributed by atoms with Crippen molar-refractivity contribution in [3.63, 3.8) is 0 Å². The van der Waals surface area contributed by atoms with Gasteiger partial charge in [-0.15, -0.1) is 6.58 Å². The molecule has 1 aromatic rings. The van der Waals surface area contributed by atoms with E-state index in [2.05, 4.69) is 78.2 Å². The second-order valence-electron chi connectivity index (χ2n) is 20.6. The van der Waals surface area contributed by atoms with Gasteiger partial charge in [-0.05, 0) is 142 Å². The smallest absolute Gasteiger partial charge is 0.306 e. The van der Waals surface area contributed by atoms with Crippen molar-refractivity contribution in [3.8, 4) is 5.75 Å². The van der Waals surface area contributed by atoms with E-state index in [9.17, 15) is 9.59 Å². The van der Waals surface area contributed by atoms with E-state index in [0.717, 1.165) is 110 Å². The predicted molar refractivity (Wildman–Crippen MR) is 225 cm³/mol. The Morgan fingerprint density at radius 2 is 1.71 bits per heavy atom. The van der Waals surface area contributed by atoms with Gasteiger partial charge in [-0.3, -0.25) is 9.59 Å². The molecule has 1 saturated heterocycles. The summed E-state index contributed by atoms with van der Waals surface area (Å²) in [5.41, 5.74) is 4.24. The summed E-state index contributed by atoms with van der Waals surface area (Å²) in [6.07, 6.45) is 22.5. The zero-order chi connectivity index (χ0) is 39.5. The van der Waals surface area contributed by atoms with Gasteiger partial charge in [0.1, 0.15) is 11.9 Å². The molecule has 0 N–H and O–H groups in total. The van der Waals surface area contributed by atoms with Gasteiger partial charge < -0.3 is 14.4 Å². The van der Waals surface area contributed by atoms with Crippen LogP contribution in [0.25, 0.3) is 0 Å². The highest BCUT2D eigenvalue weighted by Crippen LogP contribution is 2.67. The molecular formula is C50H77NO4. The van der Waals surface area contributed by atoms with E-state index in [1.165, 1.54) is 51.4 Å². The van der Waals surface area contributed by atoms with Crippen molar-refractivity contribution in [1.82, 2.24) is 4.90 Å². The molecule has 5 aliphatic rings. The number of hydrogen-bond acceptors (Lipinski definition) is 4. The summed E-state index contributed by atoms with van der Waals surface area (Å²) in [5.74, 6) is 6.09. The number of esters is 1. The number of hydrogen-bond donors (Lipinski definition) is 0. The largest absolute Gasteiger partial charge is 0.497 e. The lowest BCUT2D eigenvalue weighted by atomic mass is 9.47. The monoisotopic (exact) mass is 756 g/mol. The molecule has 55 heavy (non-hydrogen) atoms. The number of ether oxygens (including phenoxy) is 2. The van der Waals surface area contributed by atoms with E-state index < -0.39 is 0 Å². The molecule has 306 valence electrons. The molecule has 0 bridgehead atoms. The van der Waals surface area contributed by atoms with E-state index >= 15 is 0 Å². The van der Waals surface area contributed by atoms with E-state index in [0.29, 0.717) is 18.4 Å². The Labute approximate surface area is 335 Å². The Kier molecular flexibility index (Phi) is 13.4. The Hall–Kier alpha value is -2.56. The molecule has 5 nitrogen and oxygen atoms in total. The molecule has 6 rings (SSSR count). The van der Waals surface area contributed by atoms with E-state index in [-0.39, 0.29) is 34.9 Å². The number of amides is 1. The first-order chi connectivity index (χ1) is 26.2. The zero-order valence-corrected chi connectivity index (χ0v) is 36.2. The van der Waals surface area contributed by atoms with Gasteiger partial charge in [-0.2, -0.15) is 0 Å². The summed E-state index contributed by atoms with van der Waals surface area (Å²) in [5, 5.41) is 0. The molecule has 10 atom stereocenters. The van der Waals surface area contributed by atoms with Gasteiger partial charge in [-0.25, -0.2) is 0 Å². The van der Waals surface area contributed by atoms with Crippen molar-refractivity contribution in [2.45, 2.75) is 183 Å². The average molecular weight is 756 g/mol. The molecule has 0 unspecified atom stereocenters. The maximum Gasteiger partial charge on any atom is 0.306 e. The van der Waals surface area contributed by atoms with Crippen molar-refractivity contribution in [2.75, 3.05) is 7.11 Å². The van der Waals surface area contributed by atoms with Crippen LogP contribution < -0.4 is 4.74 Å². The fraction of sp³-hybridized carbons (Fsp3) is 0.760.